The Bertz CT molecular complexity index is 902. The highest BCUT2D eigenvalue weighted by Gasteiger charge is 2.43. The van der Waals surface area contributed by atoms with E-state index in [9.17, 15) is 5.26 Å². The number of hydrogen-bond acceptors (Lipinski definition) is 4. The summed E-state index contributed by atoms with van der Waals surface area (Å²) in [4.78, 5) is 1.86. The van der Waals surface area contributed by atoms with Crippen molar-refractivity contribution < 1.29 is 0 Å². The summed E-state index contributed by atoms with van der Waals surface area (Å²) in [6, 6.07) is 14.8. The van der Waals surface area contributed by atoms with E-state index in [1.807, 2.05) is 12.1 Å². The molecule has 1 aliphatic carbocycles. The molecule has 1 aliphatic heterocycles. The summed E-state index contributed by atoms with van der Waals surface area (Å²) in [5, 5.41) is 21.7. The molecule has 0 bridgehead atoms. The molecular formula is C20H17N3S. The summed E-state index contributed by atoms with van der Waals surface area (Å²) in [7, 11) is 0. The largest absolute Gasteiger partial charge is 0.357 e. The van der Waals surface area contributed by atoms with E-state index in [4.69, 9.17) is 5.26 Å². The Morgan fingerprint density at radius 3 is 2.62 bits per heavy atom. The van der Waals surface area contributed by atoms with Gasteiger partial charge in [-0.25, -0.2) is 0 Å². The molecule has 1 N–H and O–H groups in total. The van der Waals surface area contributed by atoms with E-state index < -0.39 is 0 Å². The van der Waals surface area contributed by atoms with Crippen LogP contribution in [0.4, 0.5) is 5.69 Å². The Labute approximate surface area is 145 Å². The Morgan fingerprint density at radius 2 is 1.92 bits per heavy atom. The molecule has 24 heavy (non-hydrogen) atoms. The molecular weight excluding hydrogens is 314 g/mol. The van der Waals surface area contributed by atoms with Crippen LogP contribution in [0.1, 0.15) is 42.5 Å². The first-order chi connectivity index (χ1) is 11.8. The lowest BCUT2D eigenvalue weighted by molar-refractivity contribution is 0.350. The van der Waals surface area contributed by atoms with Crippen molar-refractivity contribution in [2.45, 2.75) is 37.5 Å². The van der Waals surface area contributed by atoms with Crippen LogP contribution in [0.2, 0.25) is 0 Å². The van der Waals surface area contributed by atoms with Gasteiger partial charge >= 0.3 is 0 Å². The molecule has 4 rings (SSSR count). The highest BCUT2D eigenvalue weighted by Crippen LogP contribution is 2.53. The third-order valence-corrected chi connectivity index (χ3v) is 6.28. The smallest absolute Gasteiger partial charge is 0.110 e. The second-order valence-corrected chi connectivity index (χ2v) is 7.57. The fourth-order valence-corrected chi connectivity index (χ4v) is 4.90. The van der Waals surface area contributed by atoms with E-state index >= 15 is 0 Å². The van der Waals surface area contributed by atoms with Crippen LogP contribution in [0.25, 0.3) is 10.4 Å². The lowest BCUT2D eigenvalue weighted by Crippen LogP contribution is -2.29. The summed E-state index contributed by atoms with van der Waals surface area (Å²) in [5.74, 6) is 0. The maximum Gasteiger partial charge on any atom is 0.110 e. The van der Waals surface area contributed by atoms with E-state index in [1.54, 1.807) is 6.08 Å². The molecule has 0 unspecified atom stereocenters. The third kappa shape index (κ3) is 2.23. The van der Waals surface area contributed by atoms with Gasteiger partial charge in [0.25, 0.3) is 0 Å². The predicted octanol–water partition coefficient (Wildman–Crippen LogP) is 5.32. The van der Waals surface area contributed by atoms with Crippen LogP contribution in [-0.4, -0.2) is 0 Å². The number of nitrogens with one attached hydrogen (secondary N) is 1. The maximum absolute atomic E-state index is 9.19. The molecule has 1 aromatic heterocycles. The Morgan fingerprint density at radius 1 is 1.08 bits per heavy atom. The number of rotatable bonds is 1. The molecule has 2 heterocycles. The quantitative estimate of drug-likeness (QED) is 0.719. The number of thiophene rings is 1. The monoisotopic (exact) mass is 331 g/mol. The zero-order valence-corrected chi connectivity index (χ0v) is 14.1. The number of allylic oxidation sites excluding steroid dienone is 2. The molecule has 0 atom stereocenters. The summed E-state index contributed by atoms with van der Waals surface area (Å²) in [5.41, 5.74) is 4.62. The van der Waals surface area contributed by atoms with Gasteiger partial charge in [0.1, 0.15) is 10.9 Å². The number of nitriles is 2. The minimum absolute atomic E-state index is 0.0331. The first-order valence-corrected chi connectivity index (χ1v) is 9.11. The highest BCUT2D eigenvalue weighted by atomic mass is 32.1. The van der Waals surface area contributed by atoms with Crippen molar-refractivity contribution in [3.05, 3.63) is 52.5 Å². The van der Waals surface area contributed by atoms with Gasteiger partial charge in [0.15, 0.2) is 0 Å². The van der Waals surface area contributed by atoms with Crippen molar-refractivity contribution in [2.24, 2.45) is 0 Å². The van der Waals surface area contributed by atoms with Crippen LogP contribution in [0.5, 0.6) is 0 Å². The summed E-state index contributed by atoms with van der Waals surface area (Å²) in [6.07, 6.45) is 7.55. The van der Waals surface area contributed by atoms with E-state index in [0.717, 1.165) is 39.5 Å². The topological polar surface area (TPSA) is 59.6 Å². The number of nitrogens with zero attached hydrogens (tertiary/aromatic N) is 2. The normalized spacial score (nSPS) is 19.5. The van der Waals surface area contributed by atoms with Gasteiger partial charge in [-0.15, -0.1) is 11.3 Å². The van der Waals surface area contributed by atoms with Crippen LogP contribution < -0.4 is 5.32 Å². The number of fused-ring (bicyclic) bond motifs is 2. The van der Waals surface area contributed by atoms with Crippen LogP contribution >= 0.6 is 11.3 Å². The second kappa shape index (κ2) is 5.82. The Kier molecular flexibility index (Phi) is 3.63. The first kappa shape index (κ1) is 15.0. The van der Waals surface area contributed by atoms with Crippen LogP contribution in [0.15, 0.2) is 42.1 Å². The molecule has 1 aromatic carbocycles. The average Bonchev–Trinajstić information content (AvgIpc) is 3.20. The molecule has 1 fully saturated rings. The van der Waals surface area contributed by atoms with Crippen molar-refractivity contribution in [3.8, 4) is 22.6 Å². The van der Waals surface area contributed by atoms with Crippen molar-refractivity contribution >= 4 is 17.0 Å². The lowest BCUT2D eigenvalue weighted by atomic mass is 9.68. The molecule has 4 heteroatoms. The molecule has 0 radical (unpaired) electrons. The number of hydrogen-bond donors (Lipinski definition) is 1. The first-order valence-electron chi connectivity index (χ1n) is 8.29. The molecule has 0 amide bonds. The minimum Gasteiger partial charge on any atom is -0.357 e. The van der Waals surface area contributed by atoms with Gasteiger partial charge in [0.05, 0.1) is 6.07 Å². The zero-order valence-electron chi connectivity index (χ0n) is 13.3. The van der Waals surface area contributed by atoms with Gasteiger partial charge < -0.3 is 5.32 Å². The standard InChI is InChI=1S/C20H17N3S/c21-11-8-19-20(9-2-1-3-10-20)16-12-14(4-6-17(16)23-19)18-7-5-15(13-22)24-18/h4-8,12,23H,1-3,9-10H2/b19-8+. The third-order valence-electron chi connectivity index (χ3n) is 5.24. The fraction of sp³-hybridized carbons (Fsp3) is 0.300. The van der Waals surface area contributed by atoms with Gasteiger partial charge in [0.2, 0.25) is 0 Å². The summed E-state index contributed by atoms with van der Waals surface area (Å²) in [6.45, 7) is 0. The summed E-state index contributed by atoms with van der Waals surface area (Å²) < 4.78 is 0. The van der Waals surface area contributed by atoms with Crippen LogP contribution in [-0.2, 0) is 5.41 Å². The zero-order chi connectivity index (χ0) is 16.6. The summed E-state index contributed by atoms with van der Waals surface area (Å²) >= 11 is 1.53. The van der Waals surface area contributed by atoms with Gasteiger partial charge in [-0.3, -0.25) is 0 Å². The molecule has 2 aliphatic rings. The van der Waals surface area contributed by atoms with Crippen molar-refractivity contribution in [2.75, 3.05) is 5.32 Å². The average molecular weight is 331 g/mol. The Hall–Kier alpha value is -2.56. The predicted molar refractivity (Wildman–Crippen MR) is 96.6 cm³/mol. The van der Waals surface area contributed by atoms with Gasteiger partial charge in [-0.1, -0.05) is 25.3 Å². The molecule has 0 saturated heterocycles. The lowest BCUT2D eigenvalue weighted by Gasteiger charge is -2.34. The van der Waals surface area contributed by atoms with Gasteiger partial charge in [-0.05, 0) is 48.2 Å². The van der Waals surface area contributed by atoms with E-state index in [2.05, 4.69) is 35.7 Å². The maximum atomic E-state index is 9.19. The van der Waals surface area contributed by atoms with Crippen LogP contribution in [0, 0.1) is 22.7 Å². The molecule has 118 valence electrons. The van der Waals surface area contributed by atoms with E-state index in [-0.39, 0.29) is 5.41 Å². The van der Waals surface area contributed by atoms with E-state index in [1.165, 1.54) is 36.2 Å². The van der Waals surface area contributed by atoms with Crippen LogP contribution in [0.3, 0.4) is 0 Å². The van der Waals surface area contributed by atoms with E-state index in [0.29, 0.717) is 0 Å². The van der Waals surface area contributed by atoms with Gasteiger partial charge in [0, 0.05) is 27.8 Å². The molecule has 3 nitrogen and oxygen atoms in total. The molecule has 2 aromatic rings. The SMILES string of the molecule is N#C/C=C1/Nc2ccc(-c3ccc(C#N)s3)cc2C12CCCCC2. The molecule has 1 saturated carbocycles. The fourth-order valence-electron chi connectivity index (χ4n) is 4.10. The second-order valence-electron chi connectivity index (χ2n) is 6.49. The number of benzene rings is 1. The number of anilines is 1. The highest BCUT2D eigenvalue weighted by molar-refractivity contribution is 7.16. The van der Waals surface area contributed by atoms with Crippen molar-refractivity contribution in [1.29, 1.82) is 10.5 Å². The Balaban J connectivity index is 1.83. The molecule has 1 spiro atoms. The minimum atomic E-state index is -0.0331. The van der Waals surface area contributed by atoms with Crippen molar-refractivity contribution in [1.82, 2.24) is 0 Å². The van der Waals surface area contributed by atoms with Gasteiger partial charge in [-0.2, -0.15) is 10.5 Å². The van der Waals surface area contributed by atoms with Crippen molar-refractivity contribution in [3.63, 3.8) is 0 Å².